The second kappa shape index (κ2) is 3.53. The summed E-state index contributed by atoms with van der Waals surface area (Å²) in [5.74, 6) is 7.68. The van der Waals surface area contributed by atoms with Crippen LogP contribution in [0.25, 0.3) is 0 Å². The Morgan fingerprint density at radius 1 is 1.29 bits per heavy atom. The summed E-state index contributed by atoms with van der Waals surface area (Å²) in [6.45, 7) is 3.98. The molecular formula is C10H16N4. The number of hydrogen-bond acceptors (Lipinski definition) is 4. The topological polar surface area (TPSA) is 63.8 Å². The quantitative estimate of drug-likeness (QED) is 0.552. The molecule has 4 nitrogen and oxygen atoms in total. The van der Waals surface area contributed by atoms with E-state index in [2.05, 4.69) is 15.4 Å². The fourth-order valence-electron chi connectivity index (χ4n) is 1.64. The predicted octanol–water partition coefficient (Wildman–Crippen LogP) is 1.65. The molecule has 1 aromatic heterocycles. The molecule has 0 bridgehead atoms. The van der Waals surface area contributed by atoms with Gasteiger partial charge in [-0.1, -0.05) is 6.42 Å². The third-order valence-electron chi connectivity index (χ3n) is 3.01. The zero-order valence-electron chi connectivity index (χ0n) is 8.67. The molecule has 3 N–H and O–H groups in total. The molecule has 2 rings (SSSR count). The largest absolute Gasteiger partial charge is 0.308 e. The highest BCUT2D eigenvalue weighted by Gasteiger charge is 2.23. The van der Waals surface area contributed by atoms with Crippen molar-refractivity contribution in [2.75, 3.05) is 5.43 Å². The fourth-order valence-corrected chi connectivity index (χ4v) is 1.64. The van der Waals surface area contributed by atoms with E-state index in [0.717, 1.165) is 22.9 Å². The first-order valence-electron chi connectivity index (χ1n) is 5.04. The maximum atomic E-state index is 5.41. The highest BCUT2D eigenvalue weighted by atomic mass is 15.3. The first-order chi connectivity index (χ1) is 6.72. The Kier molecular flexibility index (Phi) is 2.37. The smallest absolute Gasteiger partial charge is 0.146 e. The number of nitrogen functional groups attached to an aromatic ring is 1. The van der Waals surface area contributed by atoms with E-state index < -0.39 is 0 Å². The van der Waals surface area contributed by atoms with Crippen LogP contribution in [0.4, 0.5) is 5.82 Å². The van der Waals surface area contributed by atoms with Crippen molar-refractivity contribution in [3.8, 4) is 0 Å². The monoisotopic (exact) mass is 192 g/mol. The number of anilines is 1. The van der Waals surface area contributed by atoms with Gasteiger partial charge in [0.2, 0.25) is 0 Å². The molecule has 0 radical (unpaired) electrons. The lowest BCUT2D eigenvalue weighted by Crippen LogP contribution is -2.18. The molecule has 1 fully saturated rings. The van der Waals surface area contributed by atoms with Gasteiger partial charge in [-0.2, -0.15) is 0 Å². The fraction of sp³-hybridized carbons (Fsp3) is 0.600. The summed E-state index contributed by atoms with van der Waals surface area (Å²) >= 11 is 0. The van der Waals surface area contributed by atoms with Gasteiger partial charge in [-0.15, -0.1) is 0 Å². The van der Waals surface area contributed by atoms with Crippen LogP contribution in [0.15, 0.2) is 0 Å². The summed E-state index contributed by atoms with van der Waals surface area (Å²) in [5.41, 5.74) is 4.69. The average molecular weight is 192 g/mol. The molecule has 76 valence electrons. The van der Waals surface area contributed by atoms with Gasteiger partial charge in [-0.05, 0) is 26.7 Å². The first kappa shape index (κ1) is 9.40. The molecule has 1 aliphatic rings. The molecule has 1 aliphatic carbocycles. The molecule has 0 spiro atoms. The standard InChI is InChI=1S/C10H16N4/c1-6-7(2)12-10(8-4-3-5-8)13-9(6)14-11/h8H,3-5,11H2,1-2H3,(H,12,13,14). The summed E-state index contributed by atoms with van der Waals surface area (Å²) in [7, 11) is 0. The van der Waals surface area contributed by atoms with Crippen molar-refractivity contribution in [2.45, 2.75) is 39.0 Å². The third-order valence-corrected chi connectivity index (χ3v) is 3.01. The van der Waals surface area contributed by atoms with Gasteiger partial charge in [-0.3, -0.25) is 0 Å². The molecule has 4 heteroatoms. The predicted molar refractivity (Wildman–Crippen MR) is 55.9 cm³/mol. The normalized spacial score (nSPS) is 16.5. The van der Waals surface area contributed by atoms with E-state index >= 15 is 0 Å². The van der Waals surface area contributed by atoms with Crippen LogP contribution >= 0.6 is 0 Å². The summed E-state index contributed by atoms with van der Waals surface area (Å²) in [5, 5.41) is 0. The van der Waals surface area contributed by atoms with Gasteiger partial charge in [0.15, 0.2) is 0 Å². The van der Waals surface area contributed by atoms with Crippen molar-refractivity contribution >= 4 is 5.82 Å². The lowest BCUT2D eigenvalue weighted by molar-refractivity contribution is 0.401. The Morgan fingerprint density at radius 2 is 2.00 bits per heavy atom. The zero-order valence-corrected chi connectivity index (χ0v) is 8.67. The average Bonchev–Trinajstić information content (AvgIpc) is 2.08. The first-order valence-corrected chi connectivity index (χ1v) is 5.04. The zero-order chi connectivity index (χ0) is 10.1. The van der Waals surface area contributed by atoms with Crippen molar-refractivity contribution in [3.05, 3.63) is 17.1 Å². The van der Waals surface area contributed by atoms with Gasteiger partial charge >= 0.3 is 0 Å². The van der Waals surface area contributed by atoms with Crippen LogP contribution in [-0.4, -0.2) is 9.97 Å². The molecule has 0 atom stereocenters. The minimum Gasteiger partial charge on any atom is -0.308 e. The van der Waals surface area contributed by atoms with Crippen LogP contribution in [0, 0.1) is 13.8 Å². The molecule has 1 heterocycles. The van der Waals surface area contributed by atoms with Crippen LogP contribution in [0.2, 0.25) is 0 Å². The minimum atomic E-state index is 0.557. The van der Waals surface area contributed by atoms with Crippen molar-refractivity contribution in [2.24, 2.45) is 5.84 Å². The molecule has 0 aliphatic heterocycles. The lowest BCUT2D eigenvalue weighted by atomic mass is 9.85. The number of aromatic nitrogens is 2. The van der Waals surface area contributed by atoms with Crippen molar-refractivity contribution in [3.63, 3.8) is 0 Å². The van der Waals surface area contributed by atoms with E-state index in [1.165, 1.54) is 19.3 Å². The second-order valence-electron chi connectivity index (χ2n) is 3.91. The SMILES string of the molecule is Cc1nc(C2CCC2)nc(NN)c1C. The summed E-state index contributed by atoms with van der Waals surface area (Å²) in [6, 6.07) is 0. The van der Waals surface area contributed by atoms with Gasteiger partial charge < -0.3 is 5.43 Å². The van der Waals surface area contributed by atoms with Crippen molar-refractivity contribution in [1.29, 1.82) is 0 Å². The molecule has 1 aromatic rings. The number of hydrazine groups is 1. The molecule has 14 heavy (non-hydrogen) atoms. The second-order valence-corrected chi connectivity index (χ2v) is 3.91. The third kappa shape index (κ3) is 1.46. The van der Waals surface area contributed by atoms with E-state index in [-0.39, 0.29) is 0 Å². The Morgan fingerprint density at radius 3 is 2.50 bits per heavy atom. The van der Waals surface area contributed by atoms with Gasteiger partial charge in [-0.25, -0.2) is 15.8 Å². The van der Waals surface area contributed by atoms with Crippen LogP contribution in [0.1, 0.15) is 42.3 Å². The maximum absolute atomic E-state index is 5.41. The Balaban J connectivity index is 2.37. The van der Waals surface area contributed by atoms with E-state index in [9.17, 15) is 0 Å². The Hall–Kier alpha value is -1.16. The van der Waals surface area contributed by atoms with Crippen LogP contribution in [0.5, 0.6) is 0 Å². The number of rotatable bonds is 2. The van der Waals surface area contributed by atoms with Crippen molar-refractivity contribution < 1.29 is 0 Å². The van der Waals surface area contributed by atoms with E-state index in [1.807, 2.05) is 13.8 Å². The summed E-state index contributed by atoms with van der Waals surface area (Å²) in [6.07, 6.45) is 3.73. The van der Waals surface area contributed by atoms with E-state index in [1.54, 1.807) is 0 Å². The molecule has 0 saturated heterocycles. The summed E-state index contributed by atoms with van der Waals surface area (Å²) < 4.78 is 0. The minimum absolute atomic E-state index is 0.557. The lowest BCUT2D eigenvalue weighted by Gasteiger charge is -2.24. The molecule has 1 saturated carbocycles. The van der Waals surface area contributed by atoms with E-state index in [4.69, 9.17) is 5.84 Å². The van der Waals surface area contributed by atoms with Gasteiger partial charge in [0.25, 0.3) is 0 Å². The number of nitrogens with two attached hydrogens (primary N) is 1. The molecule has 0 amide bonds. The highest BCUT2D eigenvalue weighted by Crippen LogP contribution is 2.35. The number of nitrogens with one attached hydrogen (secondary N) is 1. The maximum Gasteiger partial charge on any atom is 0.146 e. The van der Waals surface area contributed by atoms with Crippen LogP contribution in [0.3, 0.4) is 0 Å². The highest BCUT2D eigenvalue weighted by molar-refractivity contribution is 5.44. The van der Waals surface area contributed by atoms with E-state index in [0.29, 0.717) is 5.92 Å². The Labute approximate surface area is 83.9 Å². The number of aryl methyl sites for hydroxylation is 1. The van der Waals surface area contributed by atoms with Crippen molar-refractivity contribution in [1.82, 2.24) is 9.97 Å². The number of nitrogens with zero attached hydrogens (tertiary/aromatic N) is 2. The van der Waals surface area contributed by atoms with Gasteiger partial charge in [0.1, 0.15) is 11.6 Å². The van der Waals surface area contributed by atoms with Gasteiger partial charge in [0, 0.05) is 17.2 Å². The number of hydrogen-bond donors (Lipinski definition) is 2. The van der Waals surface area contributed by atoms with Crippen LogP contribution in [-0.2, 0) is 0 Å². The van der Waals surface area contributed by atoms with Gasteiger partial charge in [0.05, 0.1) is 0 Å². The molecule has 0 aromatic carbocycles. The summed E-state index contributed by atoms with van der Waals surface area (Å²) in [4.78, 5) is 8.92. The molecular weight excluding hydrogens is 176 g/mol. The molecule has 0 unspecified atom stereocenters. The Bertz CT molecular complexity index is 344. The van der Waals surface area contributed by atoms with Crippen LogP contribution < -0.4 is 11.3 Å².